The van der Waals surface area contributed by atoms with Crippen LogP contribution in [-0.2, 0) is 6.54 Å². The number of nitrogens with one attached hydrogen (secondary N) is 1. The van der Waals surface area contributed by atoms with Crippen molar-refractivity contribution in [3.63, 3.8) is 0 Å². The molecule has 3 atom stereocenters. The molecule has 0 amide bonds. The van der Waals surface area contributed by atoms with Crippen molar-refractivity contribution in [3.05, 3.63) is 16.1 Å². The van der Waals surface area contributed by atoms with Gasteiger partial charge in [-0.15, -0.1) is 11.3 Å². The van der Waals surface area contributed by atoms with Gasteiger partial charge in [-0.05, 0) is 33.2 Å². The summed E-state index contributed by atoms with van der Waals surface area (Å²) < 4.78 is 0. The van der Waals surface area contributed by atoms with E-state index in [1.54, 1.807) is 0 Å². The maximum atomic E-state index is 4.47. The molecule has 3 unspecified atom stereocenters. The minimum absolute atomic E-state index is 0.630. The zero-order valence-electron chi connectivity index (χ0n) is 11.2. The molecule has 0 spiro atoms. The Hall–Kier alpha value is -0.450. The number of rotatable bonds is 3. The Balaban J connectivity index is 1.98. The van der Waals surface area contributed by atoms with Crippen molar-refractivity contribution in [1.82, 2.24) is 15.2 Å². The summed E-state index contributed by atoms with van der Waals surface area (Å²) in [7, 11) is 2.08. The van der Waals surface area contributed by atoms with Crippen LogP contribution in [0.15, 0.2) is 6.20 Å². The highest BCUT2D eigenvalue weighted by Crippen LogP contribution is 2.25. The van der Waals surface area contributed by atoms with Crippen LogP contribution < -0.4 is 5.32 Å². The van der Waals surface area contributed by atoms with Gasteiger partial charge in [-0.25, -0.2) is 4.98 Å². The van der Waals surface area contributed by atoms with Crippen molar-refractivity contribution in [3.8, 4) is 0 Å². The summed E-state index contributed by atoms with van der Waals surface area (Å²) in [5.74, 6) is 0.704. The van der Waals surface area contributed by atoms with Crippen LogP contribution in [-0.4, -0.2) is 35.6 Å². The second kappa shape index (κ2) is 5.46. The first kappa shape index (κ1) is 13.0. The fourth-order valence-corrected chi connectivity index (χ4v) is 3.53. The molecule has 2 heterocycles. The Morgan fingerprint density at radius 3 is 2.88 bits per heavy atom. The molecule has 0 aromatic carbocycles. The van der Waals surface area contributed by atoms with Gasteiger partial charge >= 0.3 is 0 Å². The zero-order chi connectivity index (χ0) is 12.4. The topological polar surface area (TPSA) is 28.2 Å². The average molecular weight is 253 g/mol. The molecule has 0 radical (unpaired) electrons. The lowest BCUT2D eigenvalue weighted by atomic mass is 9.87. The predicted molar refractivity (Wildman–Crippen MR) is 73.4 cm³/mol. The van der Waals surface area contributed by atoms with Gasteiger partial charge < -0.3 is 5.32 Å². The molecular formula is C13H23N3S. The normalized spacial score (nSPS) is 30.7. The molecule has 17 heavy (non-hydrogen) atoms. The fraction of sp³-hybridized carbons (Fsp3) is 0.769. The predicted octanol–water partition coefficient (Wildman–Crippen LogP) is 2.27. The SMILES string of the molecule is CNC1CCN(Cc2ncc(C)s2)C(C)C1C. The summed E-state index contributed by atoms with van der Waals surface area (Å²) in [6.45, 7) is 9.01. The van der Waals surface area contributed by atoms with Crippen molar-refractivity contribution < 1.29 is 0 Å². The van der Waals surface area contributed by atoms with Crippen molar-refractivity contribution in [2.45, 2.75) is 45.8 Å². The number of nitrogens with zero attached hydrogens (tertiary/aromatic N) is 2. The quantitative estimate of drug-likeness (QED) is 0.895. The van der Waals surface area contributed by atoms with Crippen LogP contribution in [0, 0.1) is 12.8 Å². The summed E-state index contributed by atoms with van der Waals surface area (Å²) in [5.41, 5.74) is 0. The van der Waals surface area contributed by atoms with Crippen molar-refractivity contribution in [2.24, 2.45) is 5.92 Å². The van der Waals surface area contributed by atoms with Crippen LogP contribution in [0.2, 0.25) is 0 Å². The molecule has 0 bridgehead atoms. The molecule has 1 aromatic heterocycles. The molecule has 1 aromatic rings. The van der Waals surface area contributed by atoms with Crippen LogP contribution in [0.1, 0.15) is 30.2 Å². The summed E-state index contributed by atoms with van der Waals surface area (Å²) in [5, 5.41) is 4.69. The molecule has 1 aliphatic rings. The number of hydrogen-bond acceptors (Lipinski definition) is 4. The third-order valence-electron chi connectivity index (χ3n) is 4.08. The number of piperidine rings is 1. The van der Waals surface area contributed by atoms with E-state index in [1.807, 2.05) is 17.5 Å². The summed E-state index contributed by atoms with van der Waals surface area (Å²) >= 11 is 1.82. The molecule has 3 nitrogen and oxygen atoms in total. The van der Waals surface area contributed by atoms with E-state index in [4.69, 9.17) is 0 Å². The smallest absolute Gasteiger partial charge is 0.107 e. The van der Waals surface area contributed by atoms with Crippen LogP contribution in [0.4, 0.5) is 0 Å². The molecule has 96 valence electrons. The lowest BCUT2D eigenvalue weighted by molar-refractivity contribution is 0.0810. The average Bonchev–Trinajstić information content (AvgIpc) is 2.71. The highest BCUT2D eigenvalue weighted by molar-refractivity contribution is 7.11. The molecule has 4 heteroatoms. The van der Waals surface area contributed by atoms with Gasteiger partial charge in [0.15, 0.2) is 0 Å². The third-order valence-corrected chi connectivity index (χ3v) is 4.97. The second-order valence-corrected chi connectivity index (χ2v) is 6.44. The molecule has 0 aliphatic carbocycles. The van der Waals surface area contributed by atoms with Gasteiger partial charge in [0, 0.05) is 29.7 Å². The molecule has 1 fully saturated rings. The van der Waals surface area contributed by atoms with Gasteiger partial charge in [-0.3, -0.25) is 4.90 Å². The van der Waals surface area contributed by atoms with Crippen LogP contribution in [0.25, 0.3) is 0 Å². The zero-order valence-corrected chi connectivity index (χ0v) is 12.0. The Labute approximate surface area is 108 Å². The van der Waals surface area contributed by atoms with Crippen molar-refractivity contribution >= 4 is 11.3 Å². The molecule has 0 saturated carbocycles. The first-order valence-electron chi connectivity index (χ1n) is 6.44. The largest absolute Gasteiger partial charge is 0.317 e. The van der Waals surface area contributed by atoms with E-state index in [1.165, 1.54) is 22.9 Å². The van der Waals surface area contributed by atoms with Gasteiger partial charge in [0.2, 0.25) is 0 Å². The number of aryl methyl sites for hydroxylation is 1. The number of aromatic nitrogens is 1. The van der Waals surface area contributed by atoms with E-state index < -0.39 is 0 Å². The summed E-state index contributed by atoms with van der Waals surface area (Å²) in [6, 6.07) is 1.30. The number of likely N-dealkylation sites (tertiary alicyclic amines) is 1. The molecular weight excluding hydrogens is 230 g/mol. The Morgan fingerprint density at radius 1 is 1.53 bits per heavy atom. The van der Waals surface area contributed by atoms with E-state index in [-0.39, 0.29) is 0 Å². The molecule has 1 N–H and O–H groups in total. The lowest BCUT2D eigenvalue weighted by Crippen LogP contribution is -2.52. The first-order chi connectivity index (χ1) is 8.11. The highest BCUT2D eigenvalue weighted by atomic mass is 32.1. The Morgan fingerprint density at radius 2 is 2.29 bits per heavy atom. The monoisotopic (exact) mass is 253 g/mol. The number of thiazole rings is 1. The summed E-state index contributed by atoms with van der Waals surface area (Å²) in [4.78, 5) is 8.35. The highest BCUT2D eigenvalue weighted by Gasteiger charge is 2.31. The van der Waals surface area contributed by atoms with Gasteiger partial charge in [0.1, 0.15) is 5.01 Å². The third kappa shape index (κ3) is 2.87. The Bertz CT molecular complexity index is 363. The van der Waals surface area contributed by atoms with E-state index in [0.717, 1.165) is 6.54 Å². The molecule has 2 rings (SSSR count). The molecule has 1 aliphatic heterocycles. The van der Waals surface area contributed by atoms with E-state index in [2.05, 4.69) is 43.0 Å². The standard InChI is InChI=1S/C13H23N3S/c1-9-7-15-13(17-9)8-16-6-5-12(14-4)10(2)11(16)3/h7,10-12,14H,5-6,8H2,1-4H3. The fourth-order valence-electron chi connectivity index (χ4n) is 2.72. The van der Waals surface area contributed by atoms with E-state index in [9.17, 15) is 0 Å². The van der Waals surface area contributed by atoms with E-state index in [0.29, 0.717) is 18.0 Å². The minimum atomic E-state index is 0.630. The van der Waals surface area contributed by atoms with Gasteiger partial charge in [0.25, 0.3) is 0 Å². The van der Waals surface area contributed by atoms with Crippen LogP contribution in [0.5, 0.6) is 0 Å². The van der Waals surface area contributed by atoms with Crippen LogP contribution >= 0.6 is 11.3 Å². The van der Waals surface area contributed by atoms with Crippen molar-refractivity contribution in [2.75, 3.05) is 13.6 Å². The van der Waals surface area contributed by atoms with Crippen molar-refractivity contribution in [1.29, 1.82) is 0 Å². The summed E-state index contributed by atoms with van der Waals surface area (Å²) in [6.07, 6.45) is 3.22. The van der Waals surface area contributed by atoms with Crippen LogP contribution in [0.3, 0.4) is 0 Å². The minimum Gasteiger partial charge on any atom is -0.317 e. The van der Waals surface area contributed by atoms with Gasteiger partial charge in [-0.1, -0.05) is 6.92 Å². The maximum Gasteiger partial charge on any atom is 0.107 e. The van der Waals surface area contributed by atoms with E-state index >= 15 is 0 Å². The lowest BCUT2D eigenvalue weighted by Gasteiger charge is -2.42. The Kier molecular flexibility index (Phi) is 4.17. The van der Waals surface area contributed by atoms with Gasteiger partial charge in [-0.2, -0.15) is 0 Å². The van der Waals surface area contributed by atoms with Gasteiger partial charge in [0.05, 0.1) is 6.54 Å². The molecule has 1 saturated heterocycles. The second-order valence-electron chi connectivity index (χ2n) is 5.12. The first-order valence-corrected chi connectivity index (χ1v) is 7.26. The maximum absolute atomic E-state index is 4.47. The number of hydrogen-bond donors (Lipinski definition) is 1.